The zero-order valence-electron chi connectivity index (χ0n) is 25.1. The van der Waals surface area contributed by atoms with Crippen LogP contribution in [0, 0.1) is 19.7 Å². The van der Waals surface area contributed by atoms with Crippen molar-refractivity contribution in [2.45, 2.75) is 78.2 Å². The second-order valence-corrected chi connectivity index (χ2v) is 11.5. The Kier molecular flexibility index (Phi) is 9.72. The average Bonchev–Trinajstić information content (AvgIpc) is 3.41. The minimum Gasteiger partial charge on any atom is -0.485 e. The fourth-order valence-electron chi connectivity index (χ4n) is 5.89. The van der Waals surface area contributed by atoms with Crippen LogP contribution in [0.3, 0.4) is 0 Å². The number of carbonyl (C=O) groups excluding carboxylic acids is 2. The number of nitrogens with one attached hydrogen (secondary N) is 1. The Morgan fingerprint density at radius 3 is 2.70 bits per heavy atom. The lowest BCUT2D eigenvalue weighted by Gasteiger charge is -2.32. The molecule has 0 spiro atoms. The molecule has 0 aliphatic carbocycles. The maximum absolute atomic E-state index is 15.2. The monoisotopic (exact) mass is 593 g/mol. The number of β-amino-alcohol motifs (C(OH)–C–C–N with tert-alkyl or cyclic N) is 1. The number of oxazole rings is 1. The number of nitrogens with zero attached hydrogens (tertiary/aromatic N) is 4. The lowest BCUT2D eigenvalue weighted by molar-refractivity contribution is -0.129. The lowest BCUT2D eigenvalue weighted by Crippen LogP contribution is -2.41. The van der Waals surface area contributed by atoms with Crippen LogP contribution in [-0.4, -0.2) is 74.9 Å². The Balaban J connectivity index is 1.10. The predicted molar refractivity (Wildman–Crippen MR) is 158 cm³/mol. The summed E-state index contributed by atoms with van der Waals surface area (Å²) >= 11 is 0. The van der Waals surface area contributed by atoms with Gasteiger partial charge < -0.3 is 24.5 Å². The van der Waals surface area contributed by atoms with E-state index in [1.807, 2.05) is 23.6 Å². The first kappa shape index (κ1) is 30.6. The minimum absolute atomic E-state index is 0.0605. The number of pyridine rings is 1. The van der Waals surface area contributed by atoms with Crippen molar-refractivity contribution in [2.75, 3.05) is 31.5 Å². The summed E-state index contributed by atoms with van der Waals surface area (Å²) in [7, 11) is 0. The molecule has 4 heterocycles. The first-order valence-electron chi connectivity index (χ1n) is 14.9. The van der Waals surface area contributed by atoms with E-state index < -0.39 is 6.10 Å². The number of aryl methyl sites for hydroxylation is 1. The predicted octanol–water partition coefficient (Wildman–Crippen LogP) is 4.21. The van der Waals surface area contributed by atoms with Gasteiger partial charge in [0.25, 0.3) is 0 Å². The summed E-state index contributed by atoms with van der Waals surface area (Å²) in [5.74, 6) is 1.44. The first-order chi connectivity index (χ1) is 20.7. The van der Waals surface area contributed by atoms with Crippen molar-refractivity contribution in [3.63, 3.8) is 0 Å². The summed E-state index contributed by atoms with van der Waals surface area (Å²) in [6.45, 7) is 8.37. The number of amides is 1. The smallest absolute Gasteiger partial charge is 0.219 e. The SMILES string of the molecule is CC(=O)N1CCC(Nc2cc(C(=O)CC[C@H](O)CN3CCc4c(C)c(OCc5ocnc5C)cc(F)c4C3)ccn2)CC1. The van der Waals surface area contributed by atoms with Crippen LogP contribution in [0.5, 0.6) is 5.75 Å². The number of ketones is 1. The number of carbonyl (C=O) groups is 2. The number of aromatic nitrogens is 2. The summed E-state index contributed by atoms with van der Waals surface area (Å²) in [6, 6.07) is 5.06. The van der Waals surface area contributed by atoms with Gasteiger partial charge in [0.1, 0.15) is 24.0 Å². The number of anilines is 1. The van der Waals surface area contributed by atoms with E-state index in [0.717, 1.165) is 29.7 Å². The normalized spacial score (nSPS) is 16.5. The van der Waals surface area contributed by atoms with Crippen LogP contribution in [0.2, 0.25) is 0 Å². The molecule has 10 nitrogen and oxygen atoms in total. The van der Waals surface area contributed by atoms with Crippen molar-refractivity contribution in [1.29, 1.82) is 0 Å². The van der Waals surface area contributed by atoms with Gasteiger partial charge in [0.2, 0.25) is 5.91 Å². The largest absolute Gasteiger partial charge is 0.485 e. The first-order valence-corrected chi connectivity index (χ1v) is 14.9. The number of aliphatic hydroxyl groups excluding tert-OH is 1. The molecule has 3 aromatic rings. The van der Waals surface area contributed by atoms with E-state index in [4.69, 9.17) is 9.15 Å². The van der Waals surface area contributed by atoms with Gasteiger partial charge in [-0.3, -0.25) is 14.5 Å². The Bertz CT molecular complexity index is 1450. The Morgan fingerprint density at radius 2 is 1.98 bits per heavy atom. The van der Waals surface area contributed by atoms with Crippen molar-refractivity contribution in [1.82, 2.24) is 19.8 Å². The van der Waals surface area contributed by atoms with Crippen LogP contribution in [0.4, 0.5) is 10.2 Å². The highest BCUT2D eigenvalue weighted by Crippen LogP contribution is 2.32. The third-order valence-corrected chi connectivity index (χ3v) is 8.54. The molecule has 5 rings (SSSR count). The molecule has 0 bridgehead atoms. The number of halogens is 1. The fourth-order valence-corrected chi connectivity index (χ4v) is 5.89. The number of hydrogen-bond acceptors (Lipinski definition) is 9. The maximum Gasteiger partial charge on any atom is 0.219 e. The van der Waals surface area contributed by atoms with Crippen molar-refractivity contribution in [3.05, 3.63) is 70.3 Å². The number of piperidine rings is 1. The molecule has 1 aromatic carbocycles. The topological polar surface area (TPSA) is 121 Å². The highest BCUT2D eigenvalue weighted by atomic mass is 19.1. The van der Waals surface area contributed by atoms with E-state index in [1.165, 1.54) is 12.5 Å². The van der Waals surface area contributed by atoms with Gasteiger partial charge in [0.05, 0.1) is 11.8 Å². The fraction of sp³-hybridized carbons (Fsp3) is 0.500. The van der Waals surface area contributed by atoms with Gasteiger partial charge >= 0.3 is 0 Å². The van der Waals surface area contributed by atoms with Gasteiger partial charge in [-0.2, -0.15) is 0 Å². The van der Waals surface area contributed by atoms with Crippen LogP contribution < -0.4 is 10.1 Å². The standard InChI is InChI=1S/C32H40FN5O5/c1-20-26-9-11-37(17-27(26)28(33)15-30(20)42-18-31-21(2)35-19-43-31)16-25(40)4-5-29(41)23-6-10-34-32(14-23)36-24-7-12-38(13-8-24)22(3)39/h6,10,14-15,19,24-25,40H,4-5,7-9,11-13,16-18H2,1-3H3,(H,34,36)/t25-/m0/s1. The van der Waals surface area contributed by atoms with Gasteiger partial charge in [-0.1, -0.05) is 0 Å². The lowest BCUT2D eigenvalue weighted by atomic mass is 9.93. The van der Waals surface area contributed by atoms with Gasteiger partial charge in [0, 0.05) is 75.5 Å². The molecule has 11 heteroatoms. The van der Waals surface area contributed by atoms with Crippen molar-refractivity contribution in [3.8, 4) is 5.75 Å². The number of hydrogen-bond donors (Lipinski definition) is 2. The number of likely N-dealkylation sites (tertiary alicyclic amines) is 1. The van der Waals surface area contributed by atoms with Gasteiger partial charge in [-0.05, 0) is 62.8 Å². The number of fused-ring (bicyclic) bond motifs is 1. The summed E-state index contributed by atoms with van der Waals surface area (Å²) in [4.78, 5) is 36.8. The Morgan fingerprint density at radius 1 is 1.19 bits per heavy atom. The number of ether oxygens (including phenoxy) is 1. The molecule has 1 fully saturated rings. The van der Waals surface area contributed by atoms with E-state index in [2.05, 4.69) is 15.3 Å². The van der Waals surface area contributed by atoms with E-state index in [1.54, 1.807) is 25.3 Å². The summed E-state index contributed by atoms with van der Waals surface area (Å²) in [5.41, 5.74) is 3.77. The second-order valence-electron chi connectivity index (χ2n) is 11.5. The molecular weight excluding hydrogens is 553 g/mol. The van der Waals surface area contributed by atoms with E-state index in [9.17, 15) is 14.7 Å². The highest BCUT2D eigenvalue weighted by molar-refractivity contribution is 5.96. The summed E-state index contributed by atoms with van der Waals surface area (Å²) in [6.07, 6.45) is 5.07. The second kappa shape index (κ2) is 13.6. The Labute approximate surface area is 251 Å². The zero-order valence-corrected chi connectivity index (χ0v) is 25.1. The van der Waals surface area contributed by atoms with E-state index >= 15 is 4.39 Å². The molecule has 1 amide bonds. The van der Waals surface area contributed by atoms with E-state index in [-0.39, 0.29) is 36.6 Å². The molecule has 230 valence electrons. The average molecular weight is 594 g/mol. The molecule has 1 atom stereocenters. The van der Waals surface area contributed by atoms with Crippen molar-refractivity contribution in [2.24, 2.45) is 0 Å². The highest BCUT2D eigenvalue weighted by Gasteiger charge is 2.26. The number of Topliss-reactive ketones (excluding diaryl/α,β-unsaturated/α-hetero) is 1. The van der Waals surface area contributed by atoms with Gasteiger partial charge in [-0.25, -0.2) is 14.4 Å². The minimum atomic E-state index is -0.715. The maximum atomic E-state index is 15.2. The van der Waals surface area contributed by atoms with Crippen molar-refractivity contribution < 1.29 is 28.2 Å². The molecule has 43 heavy (non-hydrogen) atoms. The molecule has 2 N–H and O–H groups in total. The summed E-state index contributed by atoms with van der Waals surface area (Å²) < 4.78 is 26.4. The third-order valence-electron chi connectivity index (χ3n) is 8.54. The molecule has 0 saturated carbocycles. The Hall–Kier alpha value is -3.83. The van der Waals surface area contributed by atoms with Crippen molar-refractivity contribution >= 4 is 17.5 Å². The molecule has 1 saturated heterocycles. The van der Waals surface area contributed by atoms with Crippen LogP contribution in [0.1, 0.15) is 71.1 Å². The number of benzene rings is 1. The van der Waals surface area contributed by atoms with Crippen LogP contribution >= 0.6 is 0 Å². The third kappa shape index (κ3) is 7.58. The quantitative estimate of drug-likeness (QED) is 0.315. The molecule has 0 radical (unpaired) electrons. The zero-order chi connectivity index (χ0) is 30.5. The van der Waals surface area contributed by atoms with Gasteiger partial charge in [0.15, 0.2) is 17.9 Å². The molecule has 2 aliphatic rings. The van der Waals surface area contributed by atoms with Crippen LogP contribution in [-0.2, 0) is 24.4 Å². The number of rotatable bonds is 11. The molecule has 2 aliphatic heterocycles. The van der Waals surface area contributed by atoms with E-state index in [0.29, 0.717) is 74.0 Å². The molecule has 0 unspecified atom stereocenters. The van der Waals surface area contributed by atoms with Crippen LogP contribution in [0.15, 0.2) is 35.2 Å². The van der Waals surface area contributed by atoms with Gasteiger partial charge in [-0.15, -0.1) is 0 Å². The number of aliphatic hydroxyl groups is 1. The van der Waals surface area contributed by atoms with Crippen LogP contribution in [0.25, 0.3) is 0 Å². The molecule has 2 aromatic heterocycles. The molecular formula is C32H40FN5O5. The summed E-state index contributed by atoms with van der Waals surface area (Å²) in [5, 5.41) is 14.1.